The summed E-state index contributed by atoms with van der Waals surface area (Å²) in [5.41, 5.74) is -1.19. The summed E-state index contributed by atoms with van der Waals surface area (Å²) >= 11 is 0. The van der Waals surface area contributed by atoms with Gasteiger partial charge < -0.3 is 5.11 Å². The average molecular weight is 294 g/mol. The van der Waals surface area contributed by atoms with Crippen molar-refractivity contribution in [1.29, 1.82) is 0 Å². The molecule has 0 radical (unpaired) electrons. The number of carboxylic acids is 1. The van der Waals surface area contributed by atoms with Crippen LogP contribution < -0.4 is 5.43 Å². The summed E-state index contributed by atoms with van der Waals surface area (Å²) < 4.78 is 27.5. The van der Waals surface area contributed by atoms with Gasteiger partial charge in [0.2, 0.25) is 11.1 Å². The van der Waals surface area contributed by atoms with E-state index in [4.69, 9.17) is 5.11 Å². The molecule has 5 nitrogen and oxygen atoms in total. The van der Waals surface area contributed by atoms with E-state index >= 15 is 0 Å². The molecule has 0 amide bonds. The minimum Gasteiger partial charge on any atom is -0.476 e. The zero-order valence-electron chi connectivity index (χ0n) is 11.3. The molecule has 0 fully saturated rings. The fraction of sp³-hybridized carbons (Fsp3) is 0.214. The molecule has 1 aromatic heterocycles. The molecule has 2 aromatic rings. The van der Waals surface area contributed by atoms with Gasteiger partial charge in [-0.25, -0.2) is 18.3 Å². The van der Waals surface area contributed by atoms with Crippen LogP contribution in [0, 0.1) is 11.6 Å². The number of benzene rings is 1. The fourth-order valence-electron chi connectivity index (χ4n) is 1.86. The summed E-state index contributed by atoms with van der Waals surface area (Å²) in [7, 11) is 0. The van der Waals surface area contributed by atoms with E-state index in [0.29, 0.717) is 6.07 Å². The highest BCUT2D eigenvalue weighted by molar-refractivity contribution is 5.85. The van der Waals surface area contributed by atoms with Crippen molar-refractivity contribution in [3.05, 3.63) is 57.5 Å². The SMILES string of the molecule is CC(C)c1cn(-c2cc(F)cc(F)c2)nc(C(=O)O)c1=O. The van der Waals surface area contributed by atoms with Gasteiger partial charge in [0.05, 0.1) is 5.69 Å². The second-order valence-electron chi connectivity index (χ2n) is 4.79. The van der Waals surface area contributed by atoms with Gasteiger partial charge in [-0.3, -0.25) is 4.79 Å². The van der Waals surface area contributed by atoms with Gasteiger partial charge >= 0.3 is 5.97 Å². The van der Waals surface area contributed by atoms with Crippen molar-refractivity contribution in [2.24, 2.45) is 0 Å². The van der Waals surface area contributed by atoms with Crippen molar-refractivity contribution >= 4 is 5.97 Å². The lowest BCUT2D eigenvalue weighted by Crippen LogP contribution is -2.25. The van der Waals surface area contributed by atoms with E-state index < -0.39 is 28.7 Å². The van der Waals surface area contributed by atoms with Crippen LogP contribution in [0.3, 0.4) is 0 Å². The number of hydrogen-bond acceptors (Lipinski definition) is 3. The Balaban J connectivity index is 2.74. The van der Waals surface area contributed by atoms with Gasteiger partial charge in [0.25, 0.3) is 0 Å². The smallest absolute Gasteiger partial charge is 0.360 e. The summed E-state index contributed by atoms with van der Waals surface area (Å²) in [6, 6.07) is 2.68. The standard InChI is InChI=1S/C14H12F2N2O3/c1-7(2)11-6-18(17-12(13(11)19)14(20)21)10-4-8(15)3-9(16)5-10/h3-7H,1-2H3,(H,20,21). The molecule has 1 heterocycles. The fourth-order valence-corrected chi connectivity index (χ4v) is 1.86. The van der Waals surface area contributed by atoms with Crippen molar-refractivity contribution in [2.45, 2.75) is 19.8 Å². The van der Waals surface area contributed by atoms with Crippen LogP contribution in [0.25, 0.3) is 5.69 Å². The van der Waals surface area contributed by atoms with E-state index in [0.717, 1.165) is 16.8 Å². The van der Waals surface area contributed by atoms with Crippen LogP contribution in [0.1, 0.15) is 35.8 Å². The number of carboxylic acid groups (broad SMARTS) is 1. The molecule has 0 atom stereocenters. The number of hydrogen-bond donors (Lipinski definition) is 1. The molecule has 0 unspecified atom stereocenters. The van der Waals surface area contributed by atoms with Gasteiger partial charge in [-0.15, -0.1) is 0 Å². The molecular weight excluding hydrogens is 282 g/mol. The maximum Gasteiger partial charge on any atom is 0.360 e. The first-order valence-electron chi connectivity index (χ1n) is 6.13. The Morgan fingerprint density at radius 2 is 1.81 bits per heavy atom. The summed E-state index contributed by atoms with van der Waals surface area (Å²) in [5.74, 6) is -3.40. The predicted octanol–water partition coefficient (Wildman–Crippen LogP) is 2.33. The van der Waals surface area contributed by atoms with Gasteiger partial charge in [0.15, 0.2) is 0 Å². The number of carbonyl (C=O) groups is 1. The lowest BCUT2D eigenvalue weighted by molar-refractivity contribution is 0.0686. The molecule has 0 aliphatic rings. The molecule has 0 saturated heterocycles. The third-order valence-electron chi connectivity index (χ3n) is 2.88. The van der Waals surface area contributed by atoms with Gasteiger partial charge in [-0.1, -0.05) is 13.8 Å². The Kier molecular flexibility index (Phi) is 3.84. The molecule has 0 saturated carbocycles. The maximum atomic E-state index is 13.3. The van der Waals surface area contributed by atoms with Gasteiger partial charge in [-0.2, -0.15) is 5.10 Å². The summed E-state index contributed by atoms with van der Waals surface area (Å²) in [5, 5.41) is 12.7. The third-order valence-corrected chi connectivity index (χ3v) is 2.88. The highest BCUT2D eigenvalue weighted by Gasteiger charge is 2.18. The molecule has 110 valence electrons. The van der Waals surface area contributed by atoms with E-state index in [1.807, 2.05) is 0 Å². The summed E-state index contributed by atoms with van der Waals surface area (Å²) in [6.07, 6.45) is 1.29. The van der Waals surface area contributed by atoms with Crippen LogP contribution >= 0.6 is 0 Å². The molecule has 7 heteroatoms. The number of rotatable bonds is 3. The van der Waals surface area contributed by atoms with Crippen LogP contribution in [-0.4, -0.2) is 20.9 Å². The summed E-state index contributed by atoms with van der Waals surface area (Å²) in [4.78, 5) is 23.1. The molecule has 2 rings (SSSR count). The monoisotopic (exact) mass is 294 g/mol. The van der Waals surface area contributed by atoms with Gasteiger partial charge in [0.1, 0.15) is 11.6 Å². The molecule has 0 aliphatic heterocycles. The van der Waals surface area contributed by atoms with Crippen LogP contribution in [0.4, 0.5) is 8.78 Å². The highest BCUT2D eigenvalue weighted by Crippen LogP contribution is 2.15. The normalized spacial score (nSPS) is 10.9. The molecule has 1 aromatic carbocycles. The molecular formula is C14H12F2N2O3. The number of nitrogens with zero attached hydrogens (tertiary/aromatic N) is 2. The topological polar surface area (TPSA) is 72.2 Å². The lowest BCUT2D eigenvalue weighted by atomic mass is 10.0. The largest absolute Gasteiger partial charge is 0.476 e. The Bertz CT molecular complexity index is 749. The van der Waals surface area contributed by atoms with E-state index in [2.05, 4.69) is 5.10 Å². The molecule has 0 bridgehead atoms. The predicted molar refractivity (Wildman–Crippen MR) is 70.8 cm³/mol. The second-order valence-corrected chi connectivity index (χ2v) is 4.79. The first-order valence-corrected chi connectivity index (χ1v) is 6.13. The van der Waals surface area contributed by atoms with E-state index in [9.17, 15) is 18.4 Å². The molecule has 21 heavy (non-hydrogen) atoms. The maximum absolute atomic E-state index is 13.3. The van der Waals surface area contributed by atoms with Crippen molar-refractivity contribution in [3.8, 4) is 5.69 Å². The molecule has 1 N–H and O–H groups in total. The number of aromatic carboxylic acids is 1. The quantitative estimate of drug-likeness (QED) is 0.943. The van der Waals surface area contributed by atoms with Crippen molar-refractivity contribution < 1.29 is 18.7 Å². The van der Waals surface area contributed by atoms with E-state index in [1.54, 1.807) is 13.8 Å². The minimum atomic E-state index is -1.49. The minimum absolute atomic E-state index is 0.00287. The molecule has 0 aliphatic carbocycles. The third kappa shape index (κ3) is 2.96. The number of halogens is 2. The molecule has 0 spiro atoms. The van der Waals surface area contributed by atoms with Crippen LogP contribution in [0.15, 0.2) is 29.2 Å². The summed E-state index contributed by atoms with van der Waals surface area (Å²) in [6.45, 7) is 3.41. The number of aromatic nitrogens is 2. The Hall–Kier alpha value is -2.57. The van der Waals surface area contributed by atoms with E-state index in [1.165, 1.54) is 6.20 Å². The van der Waals surface area contributed by atoms with Crippen LogP contribution in [-0.2, 0) is 0 Å². The van der Waals surface area contributed by atoms with Crippen LogP contribution in [0.5, 0.6) is 0 Å². The van der Waals surface area contributed by atoms with Crippen molar-refractivity contribution in [1.82, 2.24) is 9.78 Å². The zero-order chi connectivity index (χ0) is 15.7. The lowest BCUT2D eigenvalue weighted by Gasteiger charge is -2.11. The van der Waals surface area contributed by atoms with Gasteiger partial charge in [-0.05, 0) is 18.1 Å². The van der Waals surface area contributed by atoms with E-state index in [-0.39, 0.29) is 17.2 Å². The Labute approximate surface area is 118 Å². The average Bonchev–Trinajstić information content (AvgIpc) is 2.36. The van der Waals surface area contributed by atoms with Gasteiger partial charge in [0, 0.05) is 17.8 Å². The zero-order valence-corrected chi connectivity index (χ0v) is 11.3. The Morgan fingerprint density at radius 1 is 1.24 bits per heavy atom. The van der Waals surface area contributed by atoms with Crippen LogP contribution in [0.2, 0.25) is 0 Å². The van der Waals surface area contributed by atoms with Crippen molar-refractivity contribution in [2.75, 3.05) is 0 Å². The first kappa shape index (κ1) is 14.8. The highest BCUT2D eigenvalue weighted by atomic mass is 19.1. The van der Waals surface area contributed by atoms with Crippen molar-refractivity contribution in [3.63, 3.8) is 0 Å². The second kappa shape index (κ2) is 5.43. The first-order chi connectivity index (χ1) is 9.79. The Morgan fingerprint density at radius 3 is 2.29 bits per heavy atom.